The molecule has 0 spiro atoms. The zero-order valence-corrected chi connectivity index (χ0v) is 14.0. The Morgan fingerprint density at radius 1 is 1.33 bits per heavy atom. The lowest BCUT2D eigenvalue weighted by molar-refractivity contribution is 0.0977. The molecule has 3 heteroatoms. The van der Waals surface area contributed by atoms with Crippen LogP contribution in [0.5, 0.6) is 5.75 Å². The molecule has 0 bridgehead atoms. The number of aromatic nitrogens is 1. The molecular weight excluding hydrogens is 260 g/mol. The molecule has 3 nitrogen and oxygen atoms in total. The van der Waals surface area contributed by atoms with Crippen LogP contribution in [0.4, 0.5) is 0 Å². The van der Waals surface area contributed by atoms with Gasteiger partial charge in [-0.2, -0.15) is 0 Å². The van der Waals surface area contributed by atoms with Gasteiger partial charge in [0.15, 0.2) is 0 Å². The van der Waals surface area contributed by atoms with E-state index in [2.05, 4.69) is 37.1 Å². The fourth-order valence-electron chi connectivity index (χ4n) is 2.88. The maximum absolute atomic E-state index is 6.31. The summed E-state index contributed by atoms with van der Waals surface area (Å²) in [6.45, 7) is 10.8. The van der Waals surface area contributed by atoms with Gasteiger partial charge in [0.05, 0.1) is 6.10 Å². The molecule has 0 atom stereocenters. The molecule has 2 rings (SSSR count). The standard InChI is InChI=1S/C18H30N2O/c1-5-10-19-12-15-13-20-14(2)11-17(15)21-16-6-8-18(3,4)9-7-16/h11,13,16,19H,5-10,12H2,1-4H3. The second-order valence-corrected chi connectivity index (χ2v) is 7.09. The molecule has 1 aliphatic carbocycles. The molecule has 0 aromatic carbocycles. The minimum atomic E-state index is 0.366. The number of ether oxygens (including phenoxy) is 1. The highest BCUT2D eigenvalue weighted by Gasteiger charge is 2.28. The van der Waals surface area contributed by atoms with Crippen LogP contribution in [0.3, 0.4) is 0 Å². The van der Waals surface area contributed by atoms with Crippen molar-refractivity contribution in [3.8, 4) is 5.75 Å². The van der Waals surface area contributed by atoms with Gasteiger partial charge in [0, 0.05) is 30.1 Å². The van der Waals surface area contributed by atoms with E-state index in [1.54, 1.807) is 0 Å². The lowest BCUT2D eigenvalue weighted by Crippen LogP contribution is -2.29. The Morgan fingerprint density at radius 3 is 2.71 bits per heavy atom. The van der Waals surface area contributed by atoms with Crippen LogP contribution >= 0.6 is 0 Å². The zero-order chi connectivity index (χ0) is 15.3. The molecule has 1 aromatic rings. The largest absolute Gasteiger partial charge is 0.490 e. The minimum Gasteiger partial charge on any atom is -0.490 e. The number of aryl methyl sites for hydroxylation is 1. The van der Waals surface area contributed by atoms with Crippen LogP contribution in [0, 0.1) is 12.3 Å². The second-order valence-electron chi connectivity index (χ2n) is 7.09. The maximum atomic E-state index is 6.31. The van der Waals surface area contributed by atoms with E-state index in [4.69, 9.17) is 4.74 Å². The summed E-state index contributed by atoms with van der Waals surface area (Å²) >= 11 is 0. The van der Waals surface area contributed by atoms with Crippen LogP contribution in [0.25, 0.3) is 0 Å². The number of hydrogen-bond acceptors (Lipinski definition) is 3. The van der Waals surface area contributed by atoms with Crippen LogP contribution in [-0.4, -0.2) is 17.6 Å². The van der Waals surface area contributed by atoms with Crippen LogP contribution in [0.2, 0.25) is 0 Å². The first-order valence-electron chi connectivity index (χ1n) is 8.33. The normalized spacial score (nSPS) is 18.7. The monoisotopic (exact) mass is 290 g/mol. The van der Waals surface area contributed by atoms with E-state index < -0.39 is 0 Å². The third-order valence-corrected chi connectivity index (χ3v) is 4.40. The number of nitrogens with zero attached hydrogens (tertiary/aromatic N) is 1. The maximum Gasteiger partial charge on any atom is 0.127 e. The van der Waals surface area contributed by atoms with Gasteiger partial charge in [-0.15, -0.1) is 0 Å². The molecule has 1 aliphatic rings. The molecule has 1 heterocycles. The highest BCUT2D eigenvalue weighted by Crippen LogP contribution is 2.37. The molecule has 1 N–H and O–H groups in total. The third kappa shape index (κ3) is 4.99. The summed E-state index contributed by atoms with van der Waals surface area (Å²) in [4.78, 5) is 4.41. The summed E-state index contributed by atoms with van der Waals surface area (Å²) in [6.07, 6.45) is 8.31. The van der Waals surface area contributed by atoms with Crippen molar-refractivity contribution >= 4 is 0 Å². The number of nitrogens with one attached hydrogen (secondary N) is 1. The third-order valence-electron chi connectivity index (χ3n) is 4.40. The van der Waals surface area contributed by atoms with E-state index in [-0.39, 0.29) is 0 Å². The second kappa shape index (κ2) is 7.26. The van der Waals surface area contributed by atoms with Crippen molar-refractivity contribution in [2.24, 2.45) is 5.41 Å². The molecule has 0 saturated heterocycles. The number of pyridine rings is 1. The predicted octanol–water partition coefficient (Wildman–Crippen LogP) is 4.24. The summed E-state index contributed by atoms with van der Waals surface area (Å²) in [7, 11) is 0. The van der Waals surface area contributed by atoms with Crippen LogP contribution in [0.1, 0.15) is 64.1 Å². The lowest BCUT2D eigenvalue weighted by Gasteiger charge is -2.34. The highest BCUT2D eigenvalue weighted by atomic mass is 16.5. The van der Waals surface area contributed by atoms with Crippen LogP contribution in [0.15, 0.2) is 12.3 Å². The topological polar surface area (TPSA) is 34.2 Å². The first-order valence-corrected chi connectivity index (χ1v) is 8.33. The molecule has 0 amide bonds. The highest BCUT2D eigenvalue weighted by molar-refractivity contribution is 5.33. The summed E-state index contributed by atoms with van der Waals surface area (Å²) in [5.41, 5.74) is 2.69. The first kappa shape index (κ1) is 16.3. The van der Waals surface area contributed by atoms with Gasteiger partial charge in [-0.3, -0.25) is 4.98 Å². The molecule has 0 aliphatic heterocycles. The molecule has 118 valence electrons. The Balaban J connectivity index is 1.99. The summed E-state index contributed by atoms with van der Waals surface area (Å²) in [6, 6.07) is 2.09. The molecular formula is C18H30N2O. The van der Waals surface area contributed by atoms with Crippen LogP contribution < -0.4 is 10.1 Å². The summed E-state index contributed by atoms with van der Waals surface area (Å²) in [5.74, 6) is 1.02. The van der Waals surface area contributed by atoms with Crippen molar-refractivity contribution in [1.29, 1.82) is 0 Å². The van der Waals surface area contributed by atoms with Crippen molar-refractivity contribution in [2.45, 2.75) is 72.4 Å². The number of rotatable bonds is 6. The Bertz CT molecular complexity index is 447. The van der Waals surface area contributed by atoms with Crippen molar-refractivity contribution in [3.05, 3.63) is 23.5 Å². The van der Waals surface area contributed by atoms with E-state index in [1.807, 2.05) is 13.1 Å². The Morgan fingerprint density at radius 2 is 2.05 bits per heavy atom. The zero-order valence-electron chi connectivity index (χ0n) is 14.0. The Hall–Kier alpha value is -1.09. The van der Waals surface area contributed by atoms with Crippen molar-refractivity contribution in [2.75, 3.05) is 6.54 Å². The smallest absolute Gasteiger partial charge is 0.127 e. The minimum absolute atomic E-state index is 0.366. The van der Waals surface area contributed by atoms with Gasteiger partial charge in [0.1, 0.15) is 5.75 Å². The van der Waals surface area contributed by atoms with Gasteiger partial charge >= 0.3 is 0 Å². The van der Waals surface area contributed by atoms with E-state index in [1.165, 1.54) is 18.4 Å². The fourth-order valence-corrected chi connectivity index (χ4v) is 2.88. The first-order chi connectivity index (χ1) is 10.00. The van der Waals surface area contributed by atoms with Gasteiger partial charge < -0.3 is 10.1 Å². The summed E-state index contributed by atoms with van der Waals surface area (Å²) < 4.78 is 6.31. The van der Waals surface area contributed by atoms with Crippen molar-refractivity contribution in [1.82, 2.24) is 10.3 Å². The average molecular weight is 290 g/mol. The van der Waals surface area contributed by atoms with Crippen LogP contribution in [-0.2, 0) is 6.54 Å². The Kier molecular flexibility index (Phi) is 5.63. The molecule has 21 heavy (non-hydrogen) atoms. The summed E-state index contributed by atoms with van der Waals surface area (Å²) in [5, 5.41) is 3.44. The SMILES string of the molecule is CCCNCc1cnc(C)cc1OC1CCC(C)(C)CC1. The van der Waals surface area contributed by atoms with Gasteiger partial charge in [0.25, 0.3) is 0 Å². The van der Waals surface area contributed by atoms with Gasteiger partial charge in [0.2, 0.25) is 0 Å². The molecule has 1 fully saturated rings. The van der Waals surface area contributed by atoms with Gasteiger partial charge in [-0.25, -0.2) is 0 Å². The predicted molar refractivity (Wildman–Crippen MR) is 87.6 cm³/mol. The molecule has 0 radical (unpaired) electrons. The number of hydrogen-bond donors (Lipinski definition) is 1. The van der Waals surface area contributed by atoms with Gasteiger partial charge in [-0.05, 0) is 51.0 Å². The lowest BCUT2D eigenvalue weighted by atomic mass is 9.76. The molecule has 0 unspecified atom stereocenters. The molecule has 1 aromatic heterocycles. The van der Waals surface area contributed by atoms with Gasteiger partial charge in [-0.1, -0.05) is 20.8 Å². The van der Waals surface area contributed by atoms with E-state index in [9.17, 15) is 0 Å². The molecule has 1 saturated carbocycles. The van der Waals surface area contributed by atoms with E-state index in [0.29, 0.717) is 11.5 Å². The van der Waals surface area contributed by atoms with E-state index in [0.717, 1.165) is 43.8 Å². The average Bonchev–Trinajstić information content (AvgIpc) is 2.44. The van der Waals surface area contributed by atoms with Crippen molar-refractivity contribution < 1.29 is 4.74 Å². The quantitative estimate of drug-likeness (QED) is 0.796. The van der Waals surface area contributed by atoms with Crippen molar-refractivity contribution in [3.63, 3.8) is 0 Å². The fraction of sp³-hybridized carbons (Fsp3) is 0.722. The Labute approximate surface area is 129 Å². The van der Waals surface area contributed by atoms with E-state index >= 15 is 0 Å².